The molecular weight excluding hydrogens is 480 g/mol. The lowest BCUT2D eigenvalue weighted by Gasteiger charge is -2.35. The van der Waals surface area contributed by atoms with Gasteiger partial charge in [0.1, 0.15) is 6.23 Å². The topological polar surface area (TPSA) is 121 Å². The molecule has 10 heteroatoms. The Bertz CT molecular complexity index is 1360. The molecule has 2 aromatic carbocycles. The Kier molecular flexibility index (Phi) is 7.77. The van der Waals surface area contributed by atoms with Gasteiger partial charge in [-0.1, -0.05) is 35.9 Å². The average molecular weight is 513 g/mol. The van der Waals surface area contributed by atoms with E-state index in [2.05, 4.69) is 15.6 Å². The Morgan fingerprint density at radius 2 is 1.78 bits per heavy atom. The molecule has 0 saturated carbocycles. The monoisotopic (exact) mass is 512 g/mol. The number of nitrogens with one attached hydrogen (secondary N) is 3. The van der Waals surface area contributed by atoms with Gasteiger partial charge in [-0.25, -0.2) is 8.42 Å². The fourth-order valence-electron chi connectivity index (χ4n) is 4.78. The fraction of sp³-hybridized carbons (Fsp3) is 0.385. The van der Waals surface area contributed by atoms with E-state index in [1.54, 1.807) is 13.8 Å². The normalized spacial score (nSPS) is 16.7. The quantitative estimate of drug-likeness (QED) is 0.420. The van der Waals surface area contributed by atoms with Crippen LogP contribution >= 0.6 is 0 Å². The molecule has 192 valence electrons. The van der Waals surface area contributed by atoms with E-state index in [-0.39, 0.29) is 18.0 Å². The summed E-state index contributed by atoms with van der Waals surface area (Å²) in [5.41, 5.74) is 4.37. The van der Waals surface area contributed by atoms with Crippen molar-refractivity contribution in [3.05, 3.63) is 64.8 Å². The zero-order valence-electron chi connectivity index (χ0n) is 20.8. The summed E-state index contributed by atoms with van der Waals surface area (Å²) in [4.78, 5) is 28.2. The second-order valence-corrected chi connectivity index (χ2v) is 10.9. The molecule has 2 amide bonds. The maximum atomic E-state index is 13.5. The van der Waals surface area contributed by atoms with E-state index in [4.69, 9.17) is 4.74 Å². The molecule has 1 atom stereocenters. The van der Waals surface area contributed by atoms with Gasteiger partial charge in [0, 0.05) is 30.2 Å². The lowest BCUT2D eigenvalue weighted by Crippen LogP contribution is -2.53. The summed E-state index contributed by atoms with van der Waals surface area (Å²) in [6.45, 7) is 6.27. The first kappa shape index (κ1) is 25.9. The molecule has 0 unspecified atom stereocenters. The molecule has 1 aliphatic heterocycles. The van der Waals surface area contributed by atoms with Crippen molar-refractivity contribution >= 4 is 32.7 Å². The third-order valence-corrected chi connectivity index (χ3v) is 8.52. The van der Waals surface area contributed by atoms with E-state index in [9.17, 15) is 18.0 Å². The van der Waals surface area contributed by atoms with Crippen molar-refractivity contribution in [2.75, 3.05) is 26.2 Å². The molecule has 4 rings (SSSR count). The summed E-state index contributed by atoms with van der Waals surface area (Å²) in [6, 6.07) is 11.5. The largest absolute Gasteiger partial charge is 0.361 e. The van der Waals surface area contributed by atoms with Gasteiger partial charge in [0.25, 0.3) is 0 Å². The summed E-state index contributed by atoms with van der Waals surface area (Å²) >= 11 is 0. The molecule has 0 spiro atoms. The van der Waals surface area contributed by atoms with Crippen molar-refractivity contribution in [3.8, 4) is 0 Å². The van der Waals surface area contributed by atoms with Crippen molar-refractivity contribution in [1.29, 1.82) is 0 Å². The van der Waals surface area contributed by atoms with Gasteiger partial charge in [0.15, 0.2) is 0 Å². The average Bonchev–Trinajstić information content (AvgIpc) is 3.25. The SMILES string of the molecule is Cc1cc(C)c(S(=O)(=O)N2CCCO[C@H]2CNC(=O)C(=O)NCCc2c[nH]c3ccccc23)c(C)c1. The molecule has 0 bridgehead atoms. The van der Waals surface area contributed by atoms with Crippen LogP contribution in [0.15, 0.2) is 47.5 Å². The van der Waals surface area contributed by atoms with E-state index in [0.717, 1.165) is 22.0 Å². The molecule has 0 aliphatic carbocycles. The smallest absolute Gasteiger partial charge is 0.309 e. The van der Waals surface area contributed by atoms with Gasteiger partial charge in [0.2, 0.25) is 10.0 Å². The van der Waals surface area contributed by atoms with Crippen LogP contribution in [0.3, 0.4) is 0 Å². The first-order chi connectivity index (χ1) is 17.2. The minimum absolute atomic E-state index is 0.127. The molecule has 2 heterocycles. The third-order valence-electron chi connectivity index (χ3n) is 6.32. The lowest BCUT2D eigenvalue weighted by atomic mass is 10.1. The molecular formula is C26H32N4O5S. The number of rotatable bonds is 7. The van der Waals surface area contributed by atoms with Gasteiger partial charge in [-0.05, 0) is 56.4 Å². The van der Waals surface area contributed by atoms with Crippen molar-refractivity contribution in [1.82, 2.24) is 19.9 Å². The first-order valence-corrected chi connectivity index (χ1v) is 13.4. The summed E-state index contributed by atoms with van der Waals surface area (Å²) in [5, 5.41) is 6.23. The predicted molar refractivity (Wildman–Crippen MR) is 137 cm³/mol. The molecule has 1 saturated heterocycles. The van der Waals surface area contributed by atoms with E-state index in [1.807, 2.05) is 49.5 Å². The number of H-pyrrole nitrogens is 1. The van der Waals surface area contributed by atoms with E-state index >= 15 is 0 Å². The van der Waals surface area contributed by atoms with Crippen LogP contribution in [0.2, 0.25) is 0 Å². The zero-order chi connectivity index (χ0) is 25.9. The molecule has 3 aromatic rings. The standard InChI is InChI=1S/C26H32N4O5S/c1-17-13-18(2)24(19(3)14-17)36(33,34)30-11-6-12-35-23(30)16-29-26(32)25(31)27-10-9-20-15-28-22-8-5-4-7-21(20)22/h4-5,7-8,13-15,23,28H,6,9-12,16H2,1-3H3,(H,27,31)(H,29,32)/t23-/m0/s1. The Labute approximate surface area is 211 Å². The molecule has 1 fully saturated rings. The summed E-state index contributed by atoms with van der Waals surface area (Å²) in [5.74, 6) is -1.60. The highest BCUT2D eigenvalue weighted by Gasteiger charge is 2.36. The van der Waals surface area contributed by atoms with Gasteiger partial charge >= 0.3 is 11.8 Å². The minimum atomic E-state index is -3.86. The summed E-state index contributed by atoms with van der Waals surface area (Å²) in [6.07, 6.45) is 2.11. The number of aromatic amines is 1. The van der Waals surface area contributed by atoms with Crippen LogP contribution in [-0.2, 0) is 30.8 Å². The number of fused-ring (bicyclic) bond motifs is 1. The predicted octanol–water partition coefficient (Wildman–Crippen LogP) is 2.31. The van der Waals surface area contributed by atoms with E-state index in [1.165, 1.54) is 4.31 Å². The van der Waals surface area contributed by atoms with Gasteiger partial charge in [-0.15, -0.1) is 0 Å². The molecule has 1 aromatic heterocycles. The number of aromatic nitrogens is 1. The van der Waals surface area contributed by atoms with Crippen molar-refractivity contribution < 1.29 is 22.7 Å². The minimum Gasteiger partial charge on any atom is -0.361 e. The van der Waals surface area contributed by atoms with Gasteiger partial charge in [-0.3, -0.25) is 9.59 Å². The highest BCUT2D eigenvalue weighted by atomic mass is 32.2. The van der Waals surface area contributed by atoms with Crippen LogP contribution in [-0.4, -0.2) is 62.0 Å². The second kappa shape index (κ2) is 10.8. The van der Waals surface area contributed by atoms with Gasteiger partial charge in [-0.2, -0.15) is 4.31 Å². The van der Waals surface area contributed by atoms with Gasteiger partial charge < -0.3 is 20.4 Å². The molecule has 9 nitrogen and oxygen atoms in total. The number of amides is 2. The highest BCUT2D eigenvalue weighted by molar-refractivity contribution is 7.89. The Morgan fingerprint density at radius 1 is 1.08 bits per heavy atom. The maximum Gasteiger partial charge on any atom is 0.309 e. The molecule has 3 N–H and O–H groups in total. The number of ether oxygens (including phenoxy) is 1. The number of hydrogen-bond acceptors (Lipinski definition) is 5. The van der Waals surface area contributed by atoms with Crippen LogP contribution in [0.25, 0.3) is 10.9 Å². The number of benzene rings is 2. The Morgan fingerprint density at radius 3 is 2.53 bits per heavy atom. The van der Waals surface area contributed by atoms with Crippen molar-refractivity contribution in [2.45, 2.75) is 44.7 Å². The highest BCUT2D eigenvalue weighted by Crippen LogP contribution is 2.28. The number of sulfonamides is 1. The Balaban J connectivity index is 1.35. The first-order valence-electron chi connectivity index (χ1n) is 12.0. The van der Waals surface area contributed by atoms with Crippen LogP contribution < -0.4 is 10.6 Å². The van der Waals surface area contributed by atoms with Crippen LogP contribution in [0.4, 0.5) is 0 Å². The lowest BCUT2D eigenvalue weighted by molar-refractivity contribution is -0.140. The third kappa shape index (κ3) is 5.45. The number of aryl methyl sites for hydroxylation is 3. The van der Waals surface area contributed by atoms with Crippen LogP contribution in [0.5, 0.6) is 0 Å². The van der Waals surface area contributed by atoms with Gasteiger partial charge in [0.05, 0.1) is 18.0 Å². The molecule has 1 aliphatic rings. The number of carbonyl (C=O) groups excluding carboxylic acids is 2. The van der Waals surface area contributed by atoms with E-state index < -0.39 is 28.1 Å². The van der Waals surface area contributed by atoms with Crippen molar-refractivity contribution in [3.63, 3.8) is 0 Å². The van der Waals surface area contributed by atoms with Crippen LogP contribution in [0.1, 0.15) is 28.7 Å². The van der Waals surface area contributed by atoms with Crippen LogP contribution in [0, 0.1) is 20.8 Å². The fourth-order valence-corrected chi connectivity index (χ4v) is 6.76. The summed E-state index contributed by atoms with van der Waals surface area (Å²) in [7, 11) is -3.86. The maximum absolute atomic E-state index is 13.5. The number of nitrogens with zero attached hydrogens (tertiary/aromatic N) is 1. The Hall–Kier alpha value is -3.21. The summed E-state index contributed by atoms with van der Waals surface area (Å²) < 4.78 is 34.0. The molecule has 0 radical (unpaired) electrons. The molecule has 36 heavy (non-hydrogen) atoms. The number of hydrogen-bond donors (Lipinski definition) is 3. The van der Waals surface area contributed by atoms with Crippen molar-refractivity contribution in [2.24, 2.45) is 0 Å². The van der Waals surface area contributed by atoms with E-state index in [0.29, 0.717) is 37.1 Å². The number of para-hydroxylation sites is 1. The number of carbonyl (C=O) groups is 2. The second-order valence-electron chi connectivity index (χ2n) is 9.10. The zero-order valence-corrected chi connectivity index (χ0v) is 21.6.